The lowest BCUT2D eigenvalue weighted by Gasteiger charge is -2.16. The Labute approximate surface area is 168 Å². The quantitative estimate of drug-likeness (QED) is 0.475. The molecule has 4 aromatic rings. The summed E-state index contributed by atoms with van der Waals surface area (Å²) in [5.41, 5.74) is 1.22. The van der Waals surface area contributed by atoms with Gasteiger partial charge in [0.15, 0.2) is 11.0 Å². The minimum atomic E-state index is -0.376. The number of carbonyl (C=O) groups excluding carboxylic acids is 1. The predicted octanol–water partition coefficient (Wildman–Crippen LogP) is 4.37. The van der Waals surface area contributed by atoms with Crippen LogP contribution in [0.25, 0.3) is 21.6 Å². The van der Waals surface area contributed by atoms with Crippen LogP contribution in [0.1, 0.15) is 6.92 Å². The van der Waals surface area contributed by atoms with E-state index in [0.717, 1.165) is 10.2 Å². The maximum Gasteiger partial charge on any atom is 0.239 e. The zero-order valence-corrected chi connectivity index (χ0v) is 16.6. The molecule has 0 atom stereocenters. The van der Waals surface area contributed by atoms with E-state index in [1.54, 1.807) is 23.1 Å². The zero-order valence-electron chi connectivity index (χ0n) is 14.9. The van der Waals surface area contributed by atoms with Gasteiger partial charge in [-0.2, -0.15) is 0 Å². The zero-order chi connectivity index (χ0) is 19.5. The number of para-hydroxylation sites is 1. The molecule has 9 heteroatoms. The molecule has 0 aliphatic carbocycles. The van der Waals surface area contributed by atoms with Crippen LogP contribution in [0.4, 0.5) is 9.52 Å². The fraction of sp³-hybridized carbons (Fsp3) is 0.158. The van der Waals surface area contributed by atoms with Gasteiger partial charge < -0.3 is 0 Å². The Morgan fingerprint density at radius 2 is 1.96 bits per heavy atom. The number of rotatable bonds is 6. The third-order valence-corrected chi connectivity index (χ3v) is 5.94. The minimum Gasteiger partial charge on any atom is -0.288 e. The van der Waals surface area contributed by atoms with E-state index in [1.807, 2.05) is 31.2 Å². The molecule has 0 saturated carbocycles. The van der Waals surface area contributed by atoms with Crippen molar-refractivity contribution in [3.8, 4) is 11.4 Å². The van der Waals surface area contributed by atoms with E-state index in [2.05, 4.69) is 20.2 Å². The number of halogens is 1. The van der Waals surface area contributed by atoms with Crippen molar-refractivity contribution in [2.24, 2.45) is 0 Å². The van der Waals surface area contributed by atoms with E-state index < -0.39 is 0 Å². The Balaban J connectivity index is 1.45. The summed E-state index contributed by atoms with van der Waals surface area (Å²) in [4.78, 5) is 23.2. The largest absolute Gasteiger partial charge is 0.288 e. The molecular formula is C19H16FN5OS2. The van der Waals surface area contributed by atoms with Crippen LogP contribution in [0.15, 0.2) is 53.7 Å². The molecule has 2 aromatic carbocycles. The Kier molecular flexibility index (Phi) is 5.36. The van der Waals surface area contributed by atoms with Crippen LogP contribution < -0.4 is 4.90 Å². The molecule has 0 aliphatic rings. The molecule has 6 nitrogen and oxygen atoms in total. The van der Waals surface area contributed by atoms with Crippen molar-refractivity contribution in [2.75, 3.05) is 17.2 Å². The van der Waals surface area contributed by atoms with Gasteiger partial charge in [0.25, 0.3) is 0 Å². The molecule has 1 amide bonds. The summed E-state index contributed by atoms with van der Waals surface area (Å²) in [5, 5.41) is 7.87. The summed E-state index contributed by atoms with van der Waals surface area (Å²) in [6, 6.07) is 14.1. The van der Waals surface area contributed by atoms with E-state index in [0.29, 0.717) is 28.2 Å². The smallest absolute Gasteiger partial charge is 0.239 e. The van der Waals surface area contributed by atoms with Crippen LogP contribution in [0.2, 0.25) is 0 Å². The molecule has 28 heavy (non-hydrogen) atoms. The molecule has 2 heterocycles. The summed E-state index contributed by atoms with van der Waals surface area (Å²) >= 11 is 2.69. The van der Waals surface area contributed by atoms with E-state index in [1.165, 1.54) is 29.2 Å². The summed E-state index contributed by atoms with van der Waals surface area (Å²) in [5.74, 6) is 0.0489. The van der Waals surface area contributed by atoms with Gasteiger partial charge >= 0.3 is 0 Å². The SMILES string of the molecule is CCN(C(=O)CSc1n[nH]c(-c2ccccc2F)n1)c1nc2ccccc2s1. The molecule has 2 aromatic heterocycles. The normalized spacial score (nSPS) is 11.1. The molecule has 0 unspecified atom stereocenters. The lowest BCUT2D eigenvalue weighted by molar-refractivity contribution is -0.116. The second kappa shape index (κ2) is 8.07. The Morgan fingerprint density at radius 1 is 1.18 bits per heavy atom. The number of anilines is 1. The second-order valence-corrected chi connectivity index (χ2v) is 7.79. The number of fused-ring (bicyclic) bond motifs is 1. The first-order chi connectivity index (χ1) is 13.7. The topological polar surface area (TPSA) is 74.8 Å². The third kappa shape index (κ3) is 3.76. The van der Waals surface area contributed by atoms with Crippen LogP contribution in [0.5, 0.6) is 0 Å². The summed E-state index contributed by atoms with van der Waals surface area (Å²) in [6.07, 6.45) is 0. The van der Waals surface area contributed by atoms with Crippen molar-refractivity contribution < 1.29 is 9.18 Å². The van der Waals surface area contributed by atoms with Gasteiger partial charge in [-0.3, -0.25) is 14.8 Å². The van der Waals surface area contributed by atoms with Crippen LogP contribution in [-0.2, 0) is 4.79 Å². The summed E-state index contributed by atoms with van der Waals surface area (Å²) in [7, 11) is 0. The number of aromatic amines is 1. The van der Waals surface area contributed by atoms with Crippen LogP contribution in [0.3, 0.4) is 0 Å². The molecule has 142 valence electrons. The number of hydrogen-bond acceptors (Lipinski definition) is 6. The van der Waals surface area contributed by atoms with Gasteiger partial charge in [0, 0.05) is 6.54 Å². The number of nitrogens with one attached hydrogen (secondary N) is 1. The maximum absolute atomic E-state index is 13.9. The lowest BCUT2D eigenvalue weighted by atomic mass is 10.2. The molecule has 0 bridgehead atoms. The lowest BCUT2D eigenvalue weighted by Crippen LogP contribution is -2.32. The van der Waals surface area contributed by atoms with Crippen LogP contribution in [-0.4, -0.2) is 38.4 Å². The highest BCUT2D eigenvalue weighted by atomic mass is 32.2. The number of nitrogens with zero attached hydrogens (tertiary/aromatic N) is 4. The molecule has 0 aliphatic heterocycles. The van der Waals surface area contributed by atoms with E-state index >= 15 is 0 Å². The first kappa shape index (κ1) is 18.6. The van der Waals surface area contributed by atoms with Gasteiger partial charge in [-0.15, -0.1) is 5.10 Å². The fourth-order valence-electron chi connectivity index (χ4n) is 2.68. The van der Waals surface area contributed by atoms with Crippen molar-refractivity contribution >= 4 is 44.4 Å². The number of benzene rings is 2. The molecule has 0 saturated heterocycles. The average Bonchev–Trinajstić information content (AvgIpc) is 3.34. The number of aromatic nitrogens is 4. The second-order valence-electron chi connectivity index (χ2n) is 5.84. The predicted molar refractivity (Wildman–Crippen MR) is 110 cm³/mol. The van der Waals surface area contributed by atoms with Crippen LogP contribution in [0, 0.1) is 5.82 Å². The van der Waals surface area contributed by atoms with Gasteiger partial charge in [-0.25, -0.2) is 14.4 Å². The van der Waals surface area contributed by atoms with Gasteiger partial charge in [0.05, 0.1) is 21.5 Å². The first-order valence-electron chi connectivity index (χ1n) is 8.61. The average molecular weight is 414 g/mol. The Bertz CT molecular complexity index is 1090. The molecule has 0 spiro atoms. The van der Waals surface area contributed by atoms with Gasteiger partial charge in [0.2, 0.25) is 11.1 Å². The number of H-pyrrole nitrogens is 1. The summed E-state index contributed by atoms with van der Waals surface area (Å²) in [6.45, 7) is 2.44. The van der Waals surface area contributed by atoms with Gasteiger partial charge in [-0.05, 0) is 31.2 Å². The van der Waals surface area contributed by atoms with E-state index in [-0.39, 0.29) is 17.5 Å². The highest BCUT2D eigenvalue weighted by molar-refractivity contribution is 7.99. The van der Waals surface area contributed by atoms with Gasteiger partial charge in [-0.1, -0.05) is 47.4 Å². The molecule has 0 fully saturated rings. The Hall–Kier alpha value is -2.78. The standard InChI is InChI=1S/C19H16FN5OS2/c1-2-25(19-21-14-9-5-6-10-15(14)28-19)16(26)11-27-18-22-17(23-24-18)12-7-3-4-8-13(12)20/h3-10H,2,11H2,1H3,(H,22,23,24). The third-order valence-electron chi connectivity index (χ3n) is 4.05. The van der Waals surface area contributed by atoms with Crippen LogP contribution >= 0.6 is 23.1 Å². The van der Waals surface area contributed by atoms with E-state index in [9.17, 15) is 9.18 Å². The number of hydrogen-bond donors (Lipinski definition) is 1. The number of amides is 1. The highest BCUT2D eigenvalue weighted by Crippen LogP contribution is 2.29. The highest BCUT2D eigenvalue weighted by Gasteiger charge is 2.19. The van der Waals surface area contributed by atoms with Crippen molar-refractivity contribution in [1.29, 1.82) is 0 Å². The maximum atomic E-state index is 13.9. The van der Waals surface area contributed by atoms with Gasteiger partial charge in [0.1, 0.15) is 5.82 Å². The van der Waals surface area contributed by atoms with E-state index in [4.69, 9.17) is 0 Å². The molecular weight excluding hydrogens is 397 g/mol. The van der Waals surface area contributed by atoms with Crippen molar-refractivity contribution in [3.05, 3.63) is 54.3 Å². The Morgan fingerprint density at radius 3 is 2.75 bits per heavy atom. The number of thiazole rings is 1. The number of carbonyl (C=O) groups is 1. The minimum absolute atomic E-state index is 0.0798. The fourth-order valence-corrected chi connectivity index (χ4v) is 4.40. The van der Waals surface area contributed by atoms with Crippen molar-refractivity contribution in [2.45, 2.75) is 12.1 Å². The first-order valence-corrected chi connectivity index (χ1v) is 10.4. The molecule has 4 rings (SSSR count). The van der Waals surface area contributed by atoms with Crippen molar-refractivity contribution in [3.63, 3.8) is 0 Å². The monoisotopic (exact) mass is 413 g/mol. The van der Waals surface area contributed by atoms with Crippen molar-refractivity contribution in [1.82, 2.24) is 20.2 Å². The molecule has 0 radical (unpaired) electrons. The molecule has 1 N–H and O–H groups in total. The number of thioether (sulfide) groups is 1. The summed E-state index contributed by atoms with van der Waals surface area (Å²) < 4.78 is 14.9.